The summed E-state index contributed by atoms with van der Waals surface area (Å²) < 4.78 is 5.62. The summed E-state index contributed by atoms with van der Waals surface area (Å²) in [6.07, 6.45) is 0.591. The van der Waals surface area contributed by atoms with E-state index in [1.807, 2.05) is 19.1 Å². The summed E-state index contributed by atoms with van der Waals surface area (Å²) in [5.41, 5.74) is -0.0367. The van der Waals surface area contributed by atoms with Gasteiger partial charge in [-0.25, -0.2) is 0 Å². The van der Waals surface area contributed by atoms with Crippen LogP contribution < -0.4 is 5.32 Å². The molecule has 0 aliphatic rings. The second-order valence-corrected chi connectivity index (χ2v) is 4.92. The second-order valence-electron chi connectivity index (χ2n) is 4.92. The first-order valence-electron chi connectivity index (χ1n) is 5.69. The normalized spacial score (nSPS) is 11.8. The lowest BCUT2D eigenvalue weighted by atomic mass is 9.90. The third-order valence-electron chi connectivity index (χ3n) is 2.63. The van der Waals surface area contributed by atoms with Gasteiger partial charge in [0.15, 0.2) is 0 Å². The zero-order valence-electron chi connectivity index (χ0n) is 10.6. The monoisotopic (exact) mass is 223 g/mol. The van der Waals surface area contributed by atoms with Crippen LogP contribution in [0.4, 0.5) is 0 Å². The fourth-order valence-corrected chi connectivity index (χ4v) is 1.55. The molecule has 3 nitrogen and oxygen atoms in total. The molecule has 90 valence electrons. The van der Waals surface area contributed by atoms with E-state index in [0.717, 1.165) is 24.6 Å². The highest BCUT2D eigenvalue weighted by molar-refractivity contribution is 5.75. The Morgan fingerprint density at radius 2 is 2.12 bits per heavy atom. The molecule has 16 heavy (non-hydrogen) atoms. The lowest BCUT2D eigenvalue weighted by Gasteiger charge is -2.22. The van der Waals surface area contributed by atoms with Crippen molar-refractivity contribution in [3.8, 4) is 0 Å². The maximum Gasteiger partial charge on any atom is 0.131 e. The molecule has 0 amide bonds. The molecule has 0 aliphatic carbocycles. The van der Waals surface area contributed by atoms with Crippen LogP contribution in [-0.4, -0.2) is 18.9 Å². The molecule has 0 atom stereocenters. The summed E-state index contributed by atoms with van der Waals surface area (Å²) in [4.78, 5) is 10.8. The molecule has 0 saturated carbocycles. The minimum atomic E-state index is -0.0367. The van der Waals surface area contributed by atoms with Crippen molar-refractivity contribution in [2.75, 3.05) is 13.1 Å². The highest BCUT2D eigenvalue weighted by atomic mass is 16.3. The van der Waals surface area contributed by atoms with E-state index in [2.05, 4.69) is 19.2 Å². The van der Waals surface area contributed by atoms with Gasteiger partial charge >= 0.3 is 0 Å². The lowest BCUT2D eigenvalue weighted by molar-refractivity contribution is -0.116. The van der Waals surface area contributed by atoms with Crippen molar-refractivity contribution in [1.29, 1.82) is 0 Å². The van der Waals surface area contributed by atoms with Gasteiger partial charge in [0.1, 0.15) is 17.3 Å². The summed E-state index contributed by atoms with van der Waals surface area (Å²) >= 11 is 0. The molecule has 3 heteroatoms. The van der Waals surface area contributed by atoms with E-state index in [4.69, 9.17) is 4.42 Å². The number of furan rings is 1. The summed E-state index contributed by atoms with van der Waals surface area (Å²) in [5, 5.41) is 3.28. The molecule has 0 bridgehead atoms. The highest BCUT2D eigenvalue weighted by Crippen LogP contribution is 2.24. The largest absolute Gasteiger partial charge is 0.466 e. The number of nitrogens with one attached hydrogen (secondary N) is 1. The predicted molar refractivity (Wildman–Crippen MR) is 64.6 cm³/mol. The van der Waals surface area contributed by atoms with E-state index in [1.54, 1.807) is 6.92 Å². The minimum absolute atomic E-state index is 0.0367. The molecule has 0 saturated heterocycles. The first-order chi connectivity index (χ1) is 7.42. The fourth-order valence-electron chi connectivity index (χ4n) is 1.55. The number of carbonyl (C=O) groups is 1. The van der Waals surface area contributed by atoms with Gasteiger partial charge in [0.25, 0.3) is 0 Å². The van der Waals surface area contributed by atoms with Gasteiger partial charge in [0.05, 0.1) is 0 Å². The van der Waals surface area contributed by atoms with Crippen molar-refractivity contribution in [3.05, 3.63) is 23.7 Å². The first-order valence-corrected chi connectivity index (χ1v) is 5.69. The standard InChI is InChI=1S/C13H21NO2/c1-10(15)7-8-14-9-13(3,4)12-6-5-11(2)16-12/h5-6,14H,7-9H2,1-4H3. The van der Waals surface area contributed by atoms with Crippen LogP contribution in [0.5, 0.6) is 0 Å². The van der Waals surface area contributed by atoms with Crippen molar-refractivity contribution in [3.63, 3.8) is 0 Å². The van der Waals surface area contributed by atoms with Crippen LogP contribution in [0.15, 0.2) is 16.5 Å². The van der Waals surface area contributed by atoms with E-state index in [1.165, 1.54) is 0 Å². The van der Waals surface area contributed by atoms with Crippen LogP contribution in [-0.2, 0) is 10.2 Å². The van der Waals surface area contributed by atoms with Crippen LogP contribution in [0.25, 0.3) is 0 Å². The van der Waals surface area contributed by atoms with Crippen molar-refractivity contribution < 1.29 is 9.21 Å². The summed E-state index contributed by atoms with van der Waals surface area (Å²) in [7, 11) is 0. The third-order valence-corrected chi connectivity index (χ3v) is 2.63. The van der Waals surface area contributed by atoms with Crippen LogP contribution >= 0.6 is 0 Å². The SMILES string of the molecule is CC(=O)CCNCC(C)(C)c1ccc(C)o1. The van der Waals surface area contributed by atoms with E-state index >= 15 is 0 Å². The molecular formula is C13H21NO2. The molecule has 0 radical (unpaired) electrons. The molecule has 1 aromatic rings. The molecule has 0 spiro atoms. The van der Waals surface area contributed by atoms with Gasteiger partial charge in [-0.1, -0.05) is 13.8 Å². The lowest BCUT2D eigenvalue weighted by Crippen LogP contribution is -2.33. The topological polar surface area (TPSA) is 42.2 Å². The average molecular weight is 223 g/mol. The van der Waals surface area contributed by atoms with E-state index in [0.29, 0.717) is 6.42 Å². The number of rotatable bonds is 6. The van der Waals surface area contributed by atoms with Gasteiger partial charge in [-0.3, -0.25) is 4.79 Å². The number of aryl methyl sites for hydroxylation is 1. The van der Waals surface area contributed by atoms with Gasteiger partial charge in [-0.15, -0.1) is 0 Å². The zero-order valence-corrected chi connectivity index (χ0v) is 10.6. The molecule has 0 fully saturated rings. The van der Waals surface area contributed by atoms with Crippen molar-refractivity contribution in [2.24, 2.45) is 0 Å². The molecule has 0 aromatic carbocycles. The summed E-state index contributed by atoms with van der Waals surface area (Å²) in [6, 6.07) is 3.99. The summed E-state index contributed by atoms with van der Waals surface area (Å²) in [6.45, 7) is 9.37. The maximum absolute atomic E-state index is 10.8. The van der Waals surface area contributed by atoms with E-state index in [-0.39, 0.29) is 11.2 Å². The van der Waals surface area contributed by atoms with Gasteiger partial charge in [0, 0.05) is 24.9 Å². The molecule has 1 N–H and O–H groups in total. The molecular weight excluding hydrogens is 202 g/mol. The fraction of sp³-hybridized carbons (Fsp3) is 0.615. The number of Topliss-reactive ketones (excluding diaryl/α,β-unsaturated/α-hetero) is 1. The molecule has 1 aromatic heterocycles. The molecule has 0 unspecified atom stereocenters. The molecule has 1 rings (SSSR count). The van der Waals surface area contributed by atoms with Gasteiger partial charge in [0.2, 0.25) is 0 Å². The minimum Gasteiger partial charge on any atom is -0.466 e. The van der Waals surface area contributed by atoms with Crippen LogP contribution in [0.1, 0.15) is 38.7 Å². The van der Waals surface area contributed by atoms with E-state index in [9.17, 15) is 4.79 Å². The van der Waals surface area contributed by atoms with Gasteiger partial charge in [-0.2, -0.15) is 0 Å². The Labute approximate surface area is 97.2 Å². The molecule has 0 aliphatic heterocycles. The van der Waals surface area contributed by atoms with E-state index < -0.39 is 0 Å². The maximum atomic E-state index is 10.8. The van der Waals surface area contributed by atoms with Crippen molar-refractivity contribution in [1.82, 2.24) is 5.32 Å². The Balaban J connectivity index is 2.43. The van der Waals surface area contributed by atoms with Crippen LogP contribution in [0, 0.1) is 6.92 Å². The Hall–Kier alpha value is -1.09. The van der Waals surface area contributed by atoms with Crippen LogP contribution in [0.3, 0.4) is 0 Å². The number of hydrogen-bond donors (Lipinski definition) is 1. The molecule has 1 heterocycles. The first kappa shape index (κ1) is 13.0. The van der Waals surface area contributed by atoms with Crippen molar-refractivity contribution >= 4 is 5.78 Å². The predicted octanol–water partition coefficient (Wildman–Crippen LogP) is 2.43. The average Bonchev–Trinajstić information content (AvgIpc) is 2.60. The Kier molecular flexibility index (Phi) is 4.30. The third kappa shape index (κ3) is 3.81. The summed E-state index contributed by atoms with van der Waals surface area (Å²) in [5.74, 6) is 2.14. The second kappa shape index (κ2) is 5.30. The Morgan fingerprint density at radius 1 is 1.44 bits per heavy atom. The number of hydrogen-bond acceptors (Lipinski definition) is 3. The zero-order chi connectivity index (χ0) is 12.2. The highest BCUT2D eigenvalue weighted by Gasteiger charge is 2.23. The number of ketones is 1. The number of carbonyl (C=O) groups excluding carboxylic acids is 1. The smallest absolute Gasteiger partial charge is 0.131 e. The Bertz CT molecular complexity index is 353. The van der Waals surface area contributed by atoms with Crippen LogP contribution in [0.2, 0.25) is 0 Å². The van der Waals surface area contributed by atoms with Gasteiger partial charge < -0.3 is 9.73 Å². The van der Waals surface area contributed by atoms with Gasteiger partial charge in [-0.05, 0) is 26.0 Å². The van der Waals surface area contributed by atoms with Crippen molar-refractivity contribution in [2.45, 2.75) is 39.5 Å². The quantitative estimate of drug-likeness (QED) is 0.753. The Morgan fingerprint density at radius 3 is 2.62 bits per heavy atom.